The molecule has 0 aliphatic carbocycles. The van der Waals surface area contributed by atoms with Gasteiger partial charge in [0.15, 0.2) is 0 Å². The second-order valence-corrected chi connectivity index (χ2v) is 6.48. The van der Waals surface area contributed by atoms with Gasteiger partial charge in [0.25, 0.3) is 0 Å². The molecular weight excluding hydrogens is 310 g/mol. The molecule has 1 aromatic heterocycles. The van der Waals surface area contributed by atoms with Crippen molar-refractivity contribution in [3.8, 4) is 0 Å². The summed E-state index contributed by atoms with van der Waals surface area (Å²) in [7, 11) is 1.90. The number of aryl methyl sites for hydroxylation is 1. The first kappa shape index (κ1) is 15.8. The van der Waals surface area contributed by atoms with Crippen LogP contribution in [0.1, 0.15) is 38.7 Å². The quantitative estimate of drug-likeness (QED) is 0.815. The first-order valence-corrected chi connectivity index (χ1v) is 8.34. The van der Waals surface area contributed by atoms with E-state index in [9.17, 15) is 0 Å². The molecule has 3 nitrogen and oxygen atoms in total. The topological polar surface area (TPSA) is 37.8 Å². The Balaban J connectivity index is 2.81. The Morgan fingerprint density at radius 1 is 1.33 bits per heavy atom. The Labute approximate surface area is 123 Å². The van der Waals surface area contributed by atoms with Crippen LogP contribution in [0.5, 0.6) is 0 Å². The van der Waals surface area contributed by atoms with Crippen LogP contribution in [0, 0.1) is 5.92 Å². The zero-order chi connectivity index (χ0) is 13.5. The van der Waals surface area contributed by atoms with Crippen molar-refractivity contribution in [2.24, 2.45) is 5.92 Å². The molecule has 1 aromatic rings. The fraction of sp³-hybridized carbons (Fsp3) is 0.692. The number of rotatable bonds is 7. The Morgan fingerprint density at radius 3 is 2.61 bits per heavy atom. The van der Waals surface area contributed by atoms with E-state index in [2.05, 4.69) is 52.0 Å². The lowest BCUT2D eigenvalue weighted by atomic mass is 10.2. The molecule has 0 aromatic carbocycles. The van der Waals surface area contributed by atoms with E-state index >= 15 is 0 Å². The number of nitrogens with zero attached hydrogens (tertiary/aromatic N) is 2. The van der Waals surface area contributed by atoms with Gasteiger partial charge in [-0.3, -0.25) is 0 Å². The number of thioether (sulfide) groups is 1. The molecule has 1 heterocycles. The van der Waals surface area contributed by atoms with E-state index in [0.717, 1.165) is 46.2 Å². The van der Waals surface area contributed by atoms with Crippen LogP contribution in [0.15, 0.2) is 4.47 Å². The molecule has 0 saturated carbocycles. The van der Waals surface area contributed by atoms with E-state index in [0.29, 0.717) is 5.92 Å². The summed E-state index contributed by atoms with van der Waals surface area (Å²) in [4.78, 5) is 9.19. The molecule has 0 amide bonds. The number of hydrogen-bond acceptors (Lipinski definition) is 4. The average molecular weight is 332 g/mol. The van der Waals surface area contributed by atoms with E-state index < -0.39 is 0 Å². The van der Waals surface area contributed by atoms with Crippen LogP contribution < -0.4 is 5.32 Å². The van der Waals surface area contributed by atoms with Crippen LogP contribution in [0.4, 0.5) is 5.82 Å². The molecule has 1 N–H and O–H groups in total. The summed E-state index contributed by atoms with van der Waals surface area (Å²) in [6, 6.07) is 0. The Hall–Kier alpha value is -0.290. The summed E-state index contributed by atoms with van der Waals surface area (Å²) in [5, 5.41) is 3.13. The predicted molar refractivity (Wildman–Crippen MR) is 84.3 cm³/mol. The maximum Gasteiger partial charge on any atom is 0.144 e. The van der Waals surface area contributed by atoms with Crippen molar-refractivity contribution in [1.29, 1.82) is 0 Å². The summed E-state index contributed by atoms with van der Waals surface area (Å²) in [6.07, 6.45) is 2.08. The highest BCUT2D eigenvalue weighted by atomic mass is 79.9. The second kappa shape index (κ2) is 8.00. The maximum absolute atomic E-state index is 4.65. The third-order valence-electron chi connectivity index (χ3n) is 2.37. The van der Waals surface area contributed by atoms with Gasteiger partial charge in [0.1, 0.15) is 11.6 Å². The minimum Gasteiger partial charge on any atom is -0.372 e. The fourth-order valence-corrected chi connectivity index (χ4v) is 3.04. The van der Waals surface area contributed by atoms with Crippen molar-refractivity contribution < 1.29 is 0 Å². The molecule has 0 fully saturated rings. The molecule has 0 saturated heterocycles. The van der Waals surface area contributed by atoms with Gasteiger partial charge in [0.05, 0.1) is 15.9 Å². The molecule has 0 spiro atoms. The number of nitrogens with one attached hydrogen (secondary N) is 1. The second-order valence-electron chi connectivity index (χ2n) is 4.66. The van der Waals surface area contributed by atoms with Gasteiger partial charge in [-0.15, -0.1) is 0 Å². The summed E-state index contributed by atoms with van der Waals surface area (Å²) in [6.45, 7) is 6.63. The molecule has 5 heteroatoms. The Morgan fingerprint density at radius 2 is 2.06 bits per heavy atom. The molecule has 0 aliphatic rings. The van der Waals surface area contributed by atoms with Crippen molar-refractivity contribution >= 4 is 33.5 Å². The fourth-order valence-electron chi connectivity index (χ4n) is 1.56. The number of aromatic nitrogens is 2. The van der Waals surface area contributed by atoms with Crippen molar-refractivity contribution in [3.05, 3.63) is 16.0 Å². The van der Waals surface area contributed by atoms with E-state index in [-0.39, 0.29) is 0 Å². The van der Waals surface area contributed by atoms with Crippen molar-refractivity contribution in [2.75, 3.05) is 18.1 Å². The summed E-state index contributed by atoms with van der Waals surface area (Å²) >= 11 is 5.47. The first-order valence-electron chi connectivity index (χ1n) is 6.39. The third kappa shape index (κ3) is 4.76. The van der Waals surface area contributed by atoms with Crippen LogP contribution in [-0.4, -0.2) is 22.8 Å². The standard InChI is InChI=1S/C13H22BrN3S/c1-5-6-10-12(14)13(15-4)17-11(16-10)8-18-7-9(2)3/h9H,5-8H2,1-4H3,(H,15,16,17). The van der Waals surface area contributed by atoms with E-state index in [1.54, 1.807) is 0 Å². The highest BCUT2D eigenvalue weighted by Crippen LogP contribution is 2.25. The van der Waals surface area contributed by atoms with E-state index in [4.69, 9.17) is 0 Å². The molecule has 0 bridgehead atoms. The maximum atomic E-state index is 4.65. The third-order valence-corrected chi connectivity index (χ3v) is 4.57. The largest absolute Gasteiger partial charge is 0.372 e. The van der Waals surface area contributed by atoms with Crippen LogP contribution in [0.2, 0.25) is 0 Å². The van der Waals surface area contributed by atoms with Crippen molar-refractivity contribution in [2.45, 2.75) is 39.4 Å². The monoisotopic (exact) mass is 331 g/mol. The number of halogens is 1. The zero-order valence-electron chi connectivity index (χ0n) is 11.6. The van der Waals surface area contributed by atoms with Crippen LogP contribution in [-0.2, 0) is 12.2 Å². The van der Waals surface area contributed by atoms with E-state index in [1.165, 1.54) is 0 Å². The minimum absolute atomic E-state index is 0.712. The van der Waals surface area contributed by atoms with Gasteiger partial charge in [-0.05, 0) is 34.0 Å². The minimum atomic E-state index is 0.712. The summed E-state index contributed by atoms with van der Waals surface area (Å²) < 4.78 is 1.00. The molecule has 0 radical (unpaired) electrons. The highest BCUT2D eigenvalue weighted by molar-refractivity contribution is 9.10. The molecule has 0 atom stereocenters. The molecule has 1 rings (SSSR count). The molecule has 0 aliphatic heterocycles. The molecular formula is C13H22BrN3S. The predicted octanol–water partition coefficient (Wildman–Crippen LogP) is 4.12. The van der Waals surface area contributed by atoms with Crippen LogP contribution in [0.3, 0.4) is 0 Å². The highest BCUT2D eigenvalue weighted by Gasteiger charge is 2.10. The van der Waals surface area contributed by atoms with Crippen LogP contribution in [0.25, 0.3) is 0 Å². The van der Waals surface area contributed by atoms with Crippen LogP contribution >= 0.6 is 27.7 Å². The van der Waals surface area contributed by atoms with Gasteiger partial charge >= 0.3 is 0 Å². The Bertz CT molecular complexity index is 383. The molecule has 0 unspecified atom stereocenters. The normalized spacial score (nSPS) is 11.0. The Kier molecular flexibility index (Phi) is 7.00. The van der Waals surface area contributed by atoms with E-state index in [1.807, 2.05) is 18.8 Å². The van der Waals surface area contributed by atoms with Gasteiger partial charge < -0.3 is 5.32 Å². The van der Waals surface area contributed by atoms with Gasteiger partial charge in [0, 0.05) is 7.05 Å². The average Bonchev–Trinajstić information content (AvgIpc) is 2.32. The van der Waals surface area contributed by atoms with Gasteiger partial charge in [0.2, 0.25) is 0 Å². The van der Waals surface area contributed by atoms with Gasteiger partial charge in [-0.1, -0.05) is 27.2 Å². The SMILES string of the molecule is CCCc1nc(CSCC(C)C)nc(NC)c1Br. The van der Waals surface area contributed by atoms with Gasteiger partial charge in [-0.25, -0.2) is 9.97 Å². The lowest BCUT2D eigenvalue weighted by Crippen LogP contribution is -2.05. The lowest BCUT2D eigenvalue weighted by molar-refractivity contribution is 0.749. The van der Waals surface area contributed by atoms with Gasteiger partial charge in [-0.2, -0.15) is 11.8 Å². The smallest absolute Gasteiger partial charge is 0.144 e. The molecule has 18 heavy (non-hydrogen) atoms. The van der Waals surface area contributed by atoms with Crippen molar-refractivity contribution in [3.63, 3.8) is 0 Å². The number of hydrogen-bond donors (Lipinski definition) is 1. The summed E-state index contributed by atoms with van der Waals surface area (Å²) in [5.74, 6) is 4.57. The lowest BCUT2D eigenvalue weighted by Gasteiger charge is -2.11. The van der Waals surface area contributed by atoms with Crippen molar-refractivity contribution in [1.82, 2.24) is 9.97 Å². The number of anilines is 1. The first-order chi connectivity index (χ1) is 8.58. The zero-order valence-corrected chi connectivity index (χ0v) is 14.0. The summed E-state index contributed by atoms with van der Waals surface area (Å²) in [5.41, 5.74) is 1.11. The molecule has 102 valence electrons.